The summed E-state index contributed by atoms with van der Waals surface area (Å²) in [5.41, 5.74) is 3.84. The fourth-order valence-corrected chi connectivity index (χ4v) is 3.59. The van der Waals surface area contributed by atoms with Crippen molar-refractivity contribution < 1.29 is 9.59 Å². The molecule has 2 rings (SSSR count). The van der Waals surface area contributed by atoms with Crippen LogP contribution in [0.4, 0.5) is 5.69 Å². The largest absolute Gasteiger partial charge is 0.326 e. The van der Waals surface area contributed by atoms with Gasteiger partial charge in [0.25, 0.3) is 0 Å². The number of amides is 2. The van der Waals surface area contributed by atoms with Crippen LogP contribution in [0.3, 0.4) is 0 Å². The lowest BCUT2D eigenvalue weighted by Gasteiger charge is -2.18. The molecule has 1 aromatic rings. The first-order chi connectivity index (χ1) is 11.4. The van der Waals surface area contributed by atoms with Gasteiger partial charge in [-0.05, 0) is 38.0 Å². The summed E-state index contributed by atoms with van der Waals surface area (Å²) in [6.45, 7) is 9.27. The lowest BCUT2D eigenvalue weighted by molar-refractivity contribution is -0.125. The SMILES string of the molecule is C/C(=N/NC(=O)[C@@]1(C)CC1(Br)Br)c1cccc(NC(=O)C(C)(C)C)c1. The van der Waals surface area contributed by atoms with Gasteiger partial charge in [0.15, 0.2) is 0 Å². The van der Waals surface area contributed by atoms with Crippen molar-refractivity contribution in [2.75, 3.05) is 5.32 Å². The van der Waals surface area contributed by atoms with Crippen molar-refractivity contribution in [3.05, 3.63) is 29.8 Å². The summed E-state index contributed by atoms with van der Waals surface area (Å²) in [5, 5.41) is 7.09. The minimum absolute atomic E-state index is 0.0554. The molecule has 7 heteroatoms. The predicted molar refractivity (Wildman–Crippen MR) is 108 cm³/mol. The molecule has 5 nitrogen and oxygen atoms in total. The second kappa shape index (κ2) is 6.83. The third kappa shape index (κ3) is 4.50. The average molecular weight is 473 g/mol. The van der Waals surface area contributed by atoms with Crippen LogP contribution < -0.4 is 10.7 Å². The lowest BCUT2D eigenvalue weighted by atomic mass is 9.95. The van der Waals surface area contributed by atoms with E-state index in [4.69, 9.17) is 0 Å². The Morgan fingerprint density at radius 3 is 2.36 bits per heavy atom. The molecular weight excluding hydrogens is 450 g/mol. The zero-order valence-corrected chi connectivity index (χ0v) is 18.2. The zero-order chi connectivity index (χ0) is 19.0. The van der Waals surface area contributed by atoms with Crippen molar-refractivity contribution >= 4 is 55.1 Å². The molecule has 2 amide bonds. The number of hydrazone groups is 1. The summed E-state index contributed by atoms with van der Waals surface area (Å²) >= 11 is 6.95. The molecule has 25 heavy (non-hydrogen) atoms. The van der Waals surface area contributed by atoms with E-state index in [9.17, 15) is 9.59 Å². The predicted octanol–water partition coefficient (Wildman–Crippen LogP) is 4.41. The zero-order valence-electron chi connectivity index (χ0n) is 15.0. The number of nitrogens with one attached hydrogen (secondary N) is 2. The van der Waals surface area contributed by atoms with Crippen LogP contribution in [-0.4, -0.2) is 20.8 Å². The van der Waals surface area contributed by atoms with Crippen LogP contribution >= 0.6 is 31.9 Å². The number of hydrogen-bond acceptors (Lipinski definition) is 3. The van der Waals surface area contributed by atoms with Gasteiger partial charge in [0.1, 0.15) is 0 Å². The van der Waals surface area contributed by atoms with Gasteiger partial charge in [-0.25, -0.2) is 5.43 Å². The van der Waals surface area contributed by atoms with Gasteiger partial charge in [0, 0.05) is 11.1 Å². The molecule has 1 aliphatic carbocycles. The van der Waals surface area contributed by atoms with Crippen LogP contribution in [0.15, 0.2) is 29.4 Å². The van der Waals surface area contributed by atoms with E-state index in [1.54, 1.807) is 0 Å². The summed E-state index contributed by atoms with van der Waals surface area (Å²) in [6.07, 6.45) is 0.703. The van der Waals surface area contributed by atoms with E-state index in [1.165, 1.54) is 0 Å². The standard InChI is InChI=1S/C18H23Br2N3O2/c1-11(22-23-15(25)17(5)10-18(17,19)20)12-7-6-8-13(9-12)21-14(24)16(2,3)4/h6-9H,10H2,1-5H3,(H,21,24)(H,23,25)/b22-11-/t17-/m1/s1. The maximum Gasteiger partial charge on any atom is 0.248 e. The highest BCUT2D eigenvalue weighted by Gasteiger charge is 2.66. The molecule has 0 radical (unpaired) electrons. The van der Waals surface area contributed by atoms with Gasteiger partial charge < -0.3 is 5.32 Å². The smallest absolute Gasteiger partial charge is 0.248 e. The summed E-state index contributed by atoms with van der Waals surface area (Å²) in [7, 11) is 0. The Balaban J connectivity index is 2.07. The monoisotopic (exact) mass is 471 g/mol. The van der Waals surface area contributed by atoms with E-state index in [0.717, 1.165) is 5.56 Å². The van der Waals surface area contributed by atoms with Crippen molar-refractivity contribution in [3.8, 4) is 0 Å². The molecule has 1 atom stereocenters. The van der Waals surface area contributed by atoms with Gasteiger partial charge in [0.05, 0.1) is 14.4 Å². The molecule has 0 saturated heterocycles. The molecule has 0 spiro atoms. The molecule has 1 fully saturated rings. The molecule has 0 aliphatic heterocycles. The molecule has 2 N–H and O–H groups in total. The van der Waals surface area contributed by atoms with Gasteiger partial charge in [-0.2, -0.15) is 5.10 Å². The molecule has 0 bridgehead atoms. The normalized spacial score (nSPS) is 22.3. The van der Waals surface area contributed by atoms with Crippen LogP contribution in [-0.2, 0) is 9.59 Å². The molecule has 0 aromatic heterocycles. The number of carbonyl (C=O) groups is 2. The fourth-order valence-electron chi connectivity index (χ4n) is 2.11. The minimum atomic E-state index is -0.515. The first kappa shape index (κ1) is 20.1. The van der Waals surface area contributed by atoms with E-state index in [-0.39, 0.29) is 15.0 Å². The van der Waals surface area contributed by atoms with E-state index in [1.807, 2.05) is 58.9 Å². The molecule has 0 unspecified atom stereocenters. The van der Waals surface area contributed by atoms with Crippen molar-refractivity contribution in [2.45, 2.75) is 44.3 Å². The molecule has 1 saturated carbocycles. The van der Waals surface area contributed by atoms with Crippen LogP contribution in [0.1, 0.15) is 46.6 Å². The van der Waals surface area contributed by atoms with Gasteiger partial charge >= 0.3 is 0 Å². The highest BCUT2D eigenvalue weighted by Crippen LogP contribution is 2.66. The van der Waals surface area contributed by atoms with Crippen LogP contribution in [0, 0.1) is 10.8 Å². The Bertz CT molecular complexity index is 738. The second-order valence-corrected chi connectivity index (χ2v) is 11.4. The van der Waals surface area contributed by atoms with Gasteiger partial charge in [-0.3, -0.25) is 9.59 Å². The third-order valence-electron chi connectivity index (χ3n) is 4.30. The number of nitrogens with zero attached hydrogens (tertiary/aromatic N) is 1. The van der Waals surface area contributed by atoms with Crippen molar-refractivity contribution in [1.29, 1.82) is 0 Å². The van der Waals surface area contributed by atoms with Gasteiger partial charge in [-0.15, -0.1) is 0 Å². The lowest BCUT2D eigenvalue weighted by Crippen LogP contribution is -2.30. The molecule has 136 valence electrons. The van der Waals surface area contributed by atoms with Crippen molar-refractivity contribution in [2.24, 2.45) is 15.9 Å². The maximum atomic E-state index is 12.3. The minimum Gasteiger partial charge on any atom is -0.326 e. The van der Waals surface area contributed by atoms with Crippen LogP contribution in [0.25, 0.3) is 0 Å². The Labute approximate surface area is 165 Å². The van der Waals surface area contributed by atoms with E-state index < -0.39 is 10.8 Å². The summed E-state index contributed by atoms with van der Waals surface area (Å²) < 4.78 is -0.350. The van der Waals surface area contributed by atoms with E-state index in [0.29, 0.717) is 17.8 Å². The maximum absolute atomic E-state index is 12.3. The molecule has 1 aliphatic rings. The second-order valence-electron chi connectivity index (χ2n) is 7.64. The first-order valence-electron chi connectivity index (χ1n) is 8.01. The van der Waals surface area contributed by atoms with Crippen LogP contribution in [0.2, 0.25) is 0 Å². The van der Waals surface area contributed by atoms with E-state index in [2.05, 4.69) is 47.7 Å². The summed E-state index contributed by atoms with van der Waals surface area (Å²) in [6, 6.07) is 7.40. The third-order valence-corrected chi connectivity index (χ3v) is 6.61. The van der Waals surface area contributed by atoms with Gasteiger partial charge in [0.2, 0.25) is 11.8 Å². The molecular formula is C18H23Br2N3O2. The Kier molecular flexibility index (Phi) is 5.50. The number of hydrogen-bond donors (Lipinski definition) is 2. The molecule has 0 heterocycles. The average Bonchev–Trinajstić information content (AvgIpc) is 3.03. The Morgan fingerprint density at radius 1 is 1.24 bits per heavy atom. The Morgan fingerprint density at radius 2 is 1.84 bits per heavy atom. The van der Waals surface area contributed by atoms with Crippen molar-refractivity contribution in [3.63, 3.8) is 0 Å². The topological polar surface area (TPSA) is 70.6 Å². The van der Waals surface area contributed by atoms with Crippen molar-refractivity contribution in [1.82, 2.24) is 5.43 Å². The number of carbonyl (C=O) groups excluding carboxylic acids is 2. The Hall–Kier alpha value is -1.21. The van der Waals surface area contributed by atoms with E-state index >= 15 is 0 Å². The first-order valence-corrected chi connectivity index (χ1v) is 9.60. The highest BCUT2D eigenvalue weighted by atomic mass is 79.9. The highest BCUT2D eigenvalue weighted by molar-refractivity contribution is 9.25. The quantitative estimate of drug-likeness (QED) is 0.387. The summed E-state index contributed by atoms with van der Waals surface area (Å²) in [4.78, 5) is 24.4. The molecule has 1 aromatic carbocycles. The van der Waals surface area contributed by atoms with Gasteiger partial charge in [-0.1, -0.05) is 64.8 Å². The number of benzene rings is 1. The fraction of sp³-hybridized carbons (Fsp3) is 0.500. The number of halogens is 2. The number of anilines is 1. The van der Waals surface area contributed by atoms with Crippen LogP contribution in [0.5, 0.6) is 0 Å². The number of alkyl halides is 2. The number of rotatable bonds is 4. The summed E-state index contributed by atoms with van der Waals surface area (Å²) in [5.74, 6) is -0.196.